The molecule has 2 rings (SSSR count). The summed E-state index contributed by atoms with van der Waals surface area (Å²) in [5.74, 6) is 0.671. The largest absolute Gasteiger partial charge is 0.391 e. The number of nitrogens with zero attached hydrogens (tertiary/aromatic N) is 1. The van der Waals surface area contributed by atoms with Crippen molar-refractivity contribution >= 4 is 5.91 Å². The highest BCUT2D eigenvalue weighted by Crippen LogP contribution is 2.39. The number of β-amino-alcohol motifs (C(OH)–C–C–N with tert-alkyl or cyclic N) is 1. The van der Waals surface area contributed by atoms with Gasteiger partial charge in [0.1, 0.15) is 6.17 Å². The first-order chi connectivity index (χ1) is 9.02. The van der Waals surface area contributed by atoms with Crippen molar-refractivity contribution in [2.24, 2.45) is 17.8 Å². The molecule has 0 aromatic carbocycles. The Bertz CT molecular complexity index is 323. The van der Waals surface area contributed by atoms with E-state index in [1.807, 2.05) is 0 Å². The first-order valence-electron chi connectivity index (χ1n) is 7.63. The lowest BCUT2D eigenvalue weighted by molar-refractivity contribution is -0.139. The number of alkyl halides is 1. The molecule has 2 aliphatic rings. The number of likely N-dealkylation sites (tertiary alicyclic amines) is 1. The number of halogens is 1. The molecule has 1 saturated heterocycles. The summed E-state index contributed by atoms with van der Waals surface area (Å²) >= 11 is 0. The molecule has 1 aliphatic carbocycles. The van der Waals surface area contributed by atoms with Crippen molar-refractivity contribution in [2.45, 2.75) is 58.2 Å². The average Bonchev–Trinajstić information content (AvgIpc) is 2.83. The zero-order valence-corrected chi connectivity index (χ0v) is 12.0. The third kappa shape index (κ3) is 3.28. The highest BCUT2D eigenvalue weighted by atomic mass is 19.1. The second-order valence-electron chi connectivity index (χ2n) is 6.29. The Balaban J connectivity index is 2.06. The molecule has 0 aromatic rings. The van der Waals surface area contributed by atoms with Crippen LogP contribution in [0.5, 0.6) is 0 Å². The van der Waals surface area contributed by atoms with Gasteiger partial charge in [0.2, 0.25) is 5.91 Å². The molecule has 0 spiro atoms. The van der Waals surface area contributed by atoms with Crippen molar-refractivity contribution in [3.8, 4) is 0 Å². The van der Waals surface area contributed by atoms with E-state index in [1.165, 1.54) is 0 Å². The second-order valence-corrected chi connectivity index (χ2v) is 6.29. The van der Waals surface area contributed by atoms with Crippen molar-refractivity contribution in [1.29, 1.82) is 0 Å². The Morgan fingerprint density at radius 1 is 1.42 bits per heavy atom. The van der Waals surface area contributed by atoms with Crippen LogP contribution in [-0.2, 0) is 4.79 Å². The SMILES string of the molecule is CCC(C)C1CCC(F)CC1C(=O)N1CCC(O)C1. The molecule has 2 fully saturated rings. The van der Waals surface area contributed by atoms with E-state index in [2.05, 4.69) is 13.8 Å². The van der Waals surface area contributed by atoms with Crippen molar-refractivity contribution in [3.05, 3.63) is 0 Å². The van der Waals surface area contributed by atoms with E-state index in [-0.39, 0.29) is 11.8 Å². The summed E-state index contributed by atoms with van der Waals surface area (Å²) in [5.41, 5.74) is 0. The van der Waals surface area contributed by atoms with E-state index in [1.54, 1.807) is 4.90 Å². The molecule has 5 atom stereocenters. The van der Waals surface area contributed by atoms with Crippen LogP contribution in [0.15, 0.2) is 0 Å². The highest BCUT2D eigenvalue weighted by Gasteiger charge is 2.40. The fourth-order valence-corrected chi connectivity index (χ4v) is 3.59. The fourth-order valence-electron chi connectivity index (χ4n) is 3.59. The first kappa shape index (κ1) is 14.8. The van der Waals surface area contributed by atoms with Gasteiger partial charge in [-0.05, 0) is 37.5 Å². The fraction of sp³-hybridized carbons (Fsp3) is 0.933. The Labute approximate surface area is 115 Å². The van der Waals surface area contributed by atoms with Gasteiger partial charge in [0.15, 0.2) is 0 Å². The number of hydrogen-bond acceptors (Lipinski definition) is 2. The molecule has 4 heteroatoms. The minimum absolute atomic E-state index is 0.0733. The van der Waals surface area contributed by atoms with E-state index >= 15 is 0 Å². The number of rotatable bonds is 3. The van der Waals surface area contributed by atoms with E-state index in [9.17, 15) is 14.3 Å². The summed E-state index contributed by atoms with van der Waals surface area (Å²) in [5, 5.41) is 9.55. The lowest BCUT2D eigenvalue weighted by atomic mass is 9.71. The number of carbonyl (C=O) groups excluding carboxylic acids is 1. The summed E-state index contributed by atoms with van der Waals surface area (Å²) in [4.78, 5) is 14.3. The molecular weight excluding hydrogens is 245 g/mol. The zero-order valence-electron chi connectivity index (χ0n) is 12.0. The Morgan fingerprint density at radius 3 is 2.74 bits per heavy atom. The number of carbonyl (C=O) groups is 1. The van der Waals surface area contributed by atoms with Gasteiger partial charge in [-0.2, -0.15) is 0 Å². The van der Waals surface area contributed by atoms with Gasteiger partial charge in [-0.1, -0.05) is 20.3 Å². The molecule has 1 N–H and O–H groups in total. The maximum Gasteiger partial charge on any atom is 0.226 e. The minimum atomic E-state index is -0.832. The van der Waals surface area contributed by atoms with Gasteiger partial charge in [-0.3, -0.25) is 4.79 Å². The average molecular weight is 271 g/mol. The third-order valence-corrected chi connectivity index (χ3v) is 5.01. The van der Waals surface area contributed by atoms with Crippen molar-refractivity contribution in [3.63, 3.8) is 0 Å². The summed E-state index contributed by atoms with van der Waals surface area (Å²) in [6.45, 7) is 5.36. The van der Waals surface area contributed by atoms with Crippen LogP contribution in [-0.4, -0.2) is 41.3 Å². The Morgan fingerprint density at radius 2 is 2.16 bits per heavy atom. The van der Waals surface area contributed by atoms with Crippen LogP contribution in [0.1, 0.15) is 46.0 Å². The number of amides is 1. The van der Waals surface area contributed by atoms with Gasteiger partial charge in [0.25, 0.3) is 0 Å². The van der Waals surface area contributed by atoms with Crippen LogP contribution in [0.3, 0.4) is 0 Å². The quantitative estimate of drug-likeness (QED) is 0.856. The molecule has 1 heterocycles. The van der Waals surface area contributed by atoms with E-state index in [0.717, 1.165) is 12.8 Å². The molecule has 1 amide bonds. The van der Waals surface area contributed by atoms with Gasteiger partial charge < -0.3 is 10.0 Å². The molecule has 0 radical (unpaired) electrons. The van der Waals surface area contributed by atoms with Crippen molar-refractivity contribution in [1.82, 2.24) is 4.90 Å². The molecule has 0 bridgehead atoms. The van der Waals surface area contributed by atoms with Crippen LogP contribution in [0.25, 0.3) is 0 Å². The van der Waals surface area contributed by atoms with Crippen molar-refractivity contribution < 1.29 is 14.3 Å². The highest BCUT2D eigenvalue weighted by molar-refractivity contribution is 5.79. The molecule has 5 unspecified atom stereocenters. The van der Waals surface area contributed by atoms with Gasteiger partial charge in [-0.25, -0.2) is 4.39 Å². The molecule has 19 heavy (non-hydrogen) atoms. The topological polar surface area (TPSA) is 40.5 Å². The maximum absolute atomic E-state index is 13.7. The predicted molar refractivity (Wildman–Crippen MR) is 72.4 cm³/mol. The molecule has 3 nitrogen and oxygen atoms in total. The third-order valence-electron chi connectivity index (χ3n) is 5.01. The van der Waals surface area contributed by atoms with Crippen LogP contribution in [0, 0.1) is 17.8 Å². The molecular formula is C15H26FNO2. The molecule has 1 aliphatic heterocycles. The Kier molecular flexibility index (Phi) is 4.82. The van der Waals surface area contributed by atoms with Gasteiger partial charge in [-0.15, -0.1) is 0 Å². The monoisotopic (exact) mass is 271 g/mol. The van der Waals surface area contributed by atoms with E-state index in [0.29, 0.717) is 44.2 Å². The van der Waals surface area contributed by atoms with E-state index in [4.69, 9.17) is 0 Å². The van der Waals surface area contributed by atoms with Crippen LogP contribution < -0.4 is 0 Å². The lowest BCUT2D eigenvalue weighted by Gasteiger charge is -2.37. The number of aliphatic hydroxyl groups is 1. The molecule has 1 saturated carbocycles. The summed E-state index contributed by atoms with van der Waals surface area (Å²) in [6.07, 6.45) is 2.27. The van der Waals surface area contributed by atoms with Crippen molar-refractivity contribution in [2.75, 3.05) is 13.1 Å². The normalized spacial score (nSPS) is 37.4. The van der Waals surface area contributed by atoms with Crippen LogP contribution >= 0.6 is 0 Å². The van der Waals surface area contributed by atoms with E-state index < -0.39 is 12.3 Å². The van der Waals surface area contributed by atoms with Gasteiger partial charge in [0.05, 0.1) is 6.10 Å². The van der Waals surface area contributed by atoms with Crippen LogP contribution in [0.2, 0.25) is 0 Å². The summed E-state index contributed by atoms with van der Waals surface area (Å²) in [6, 6.07) is 0. The first-order valence-corrected chi connectivity index (χ1v) is 7.63. The second kappa shape index (κ2) is 6.21. The lowest BCUT2D eigenvalue weighted by Crippen LogP contribution is -2.43. The van der Waals surface area contributed by atoms with Gasteiger partial charge in [0, 0.05) is 19.0 Å². The van der Waals surface area contributed by atoms with Crippen LogP contribution in [0.4, 0.5) is 4.39 Å². The summed E-state index contributed by atoms with van der Waals surface area (Å²) in [7, 11) is 0. The molecule has 0 aromatic heterocycles. The number of aliphatic hydroxyl groups excluding tert-OH is 1. The maximum atomic E-state index is 13.7. The smallest absolute Gasteiger partial charge is 0.226 e. The number of hydrogen-bond donors (Lipinski definition) is 1. The molecule has 110 valence electrons. The Hall–Kier alpha value is -0.640. The zero-order chi connectivity index (χ0) is 14.0. The van der Waals surface area contributed by atoms with Gasteiger partial charge >= 0.3 is 0 Å². The predicted octanol–water partition coefficient (Wildman–Crippen LogP) is 2.38. The standard InChI is InChI=1S/C15H26FNO2/c1-3-10(2)13-5-4-11(16)8-14(13)15(19)17-7-6-12(18)9-17/h10-14,18H,3-9H2,1-2H3. The minimum Gasteiger partial charge on any atom is -0.391 e. The summed E-state index contributed by atoms with van der Waals surface area (Å²) < 4.78 is 13.7.